The second kappa shape index (κ2) is 6.93. The minimum absolute atomic E-state index is 0.0907. The molecule has 1 aromatic heterocycles. The molecule has 0 radical (unpaired) electrons. The zero-order valence-electron chi connectivity index (χ0n) is 13.7. The van der Waals surface area contributed by atoms with Crippen molar-refractivity contribution in [3.8, 4) is 0 Å². The number of halogens is 1. The van der Waals surface area contributed by atoms with Gasteiger partial charge in [0.1, 0.15) is 0 Å². The summed E-state index contributed by atoms with van der Waals surface area (Å²) in [6.45, 7) is 0. The Balaban J connectivity index is 1.89. The first-order valence-electron chi connectivity index (χ1n) is 7.62. The molecule has 3 aromatic rings. The fourth-order valence-electron chi connectivity index (χ4n) is 2.56. The van der Waals surface area contributed by atoms with Crippen molar-refractivity contribution in [1.29, 1.82) is 0 Å². The van der Waals surface area contributed by atoms with Gasteiger partial charge in [-0.25, -0.2) is 0 Å². The van der Waals surface area contributed by atoms with Gasteiger partial charge in [-0.2, -0.15) is 0 Å². The van der Waals surface area contributed by atoms with Gasteiger partial charge in [0, 0.05) is 47.1 Å². The average Bonchev–Trinajstić information content (AvgIpc) is 3.03. The molecule has 0 bridgehead atoms. The number of rotatable bonds is 5. The number of ketones is 2. The van der Waals surface area contributed by atoms with Crippen LogP contribution in [0.4, 0.5) is 5.69 Å². The number of carbonyl (C=O) groups excluding carboxylic acids is 2. The third-order valence-corrected chi connectivity index (χ3v) is 4.20. The molecule has 0 amide bonds. The number of aryl methyl sites for hydroxylation is 1. The van der Waals surface area contributed by atoms with Crippen LogP contribution in [0.25, 0.3) is 0 Å². The quantitative estimate of drug-likeness (QED) is 0.386. The van der Waals surface area contributed by atoms with E-state index in [1.54, 1.807) is 42.1 Å². The number of benzene rings is 2. The normalized spacial score (nSPS) is 10.5. The van der Waals surface area contributed by atoms with E-state index in [0.717, 1.165) is 0 Å². The van der Waals surface area contributed by atoms with Gasteiger partial charge >= 0.3 is 0 Å². The van der Waals surface area contributed by atoms with E-state index >= 15 is 0 Å². The van der Waals surface area contributed by atoms with E-state index in [9.17, 15) is 19.7 Å². The number of nitrogens with zero attached hydrogens (tertiary/aromatic N) is 2. The second-order valence-corrected chi connectivity index (χ2v) is 6.13. The molecule has 1 heterocycles. The van der Waals surface area contributed by atoms with E-state index < -0.39 is 4.92 Å². The Kier molecular flexibility index (Phi) is 4.69. The molecule has 0 spiro atoms. The Morgan fingerprint density at radius 2 is 1.46 bits per heavy atom. The summed E-state index contributed by atoms with van der Waals surface area (Å²) < 4.78 is 1.56. The summed E-state index contributed by atoms with van der Waals surface area (Å²) >= 11 is 5.83. The first kappa shape index (κ1) is 17.6. The van der Waals surface area contributed by atoms with E-state index in [-0.39, 0.29) is 17.3 Å². The first-order chi connectivity index (χ1) is 12.4. The molecule has 0 N–H and O–H groups in total. The maximum atomic E-state index is 12.6. The minimum atomic E-state index is -0.528. The van der Waals surface area contributed by atoms with Crippen molar-refractivity contribution in [2.24, 2.45) is 7.05 Å². The number of hydrogen-bond acceptors (Lipinski definition) is 4. The summed E-state index contributed by atoms with van der Waals surface area (Å²) in [6, 6.07) is 13.3. The van der Waals surface area contributed by atoms with E-state index in [2.05, 4.69) is 0 Å². The van der Waals surface area contributed by atoms with Gasteiger partial charge in [-0.1, -0.05) is 11.6 Å². The Morgan fingerprint density at radius 3 is 2.04 bits per heavy atom. The van der Waals surface area contributed by atoms with Crippen LogP contribution in [0.1, 0.15) is 32.0 Å². The summed E-state index contributed by atoms with van der Waals surface area (Å²) in [5.41, 5.74) is 1.37. The van der Waals surface area contributed by atoms with E-state index in [1.807, 2.05) is 0 Å². The summed E-state index contributed by atoms with van der Waals surface area (Å²) in [4.78, 5) is 35.4. The average molecular weight is 369 g/mol. The van der Waals surface area contributed by atoms with Crippen molar-refractivity contribution in [2.45, 2.75) is 0 Å². The highest BCUT2D eigenvalue weighted by atomic mass is 35.5. The zero-order valence-corrected chi connectivity index (χ0v) is 14.4. The van der Waals surface area contributed by atoms with Crippen molar-refractivity contribution < 1.29 is 14.5 Å². The largest absolute Gasteiger partial charge is 0.347 e. The van der Waals surface area contributed by atoms with Crippen molar-refractivity contribution in [3.63, 3.8) is 0 Å². The lowest BCUT2D eigenvalue weighted by molar-refractivity contribution is -0.384. The SMILES string of the molecule is Cn1cc(C(=O)c2ccc(Cl)cc2)cc1C(=O)c1ccc([N+](=O)[O-])cc1. The van der Waals surface area contributed by atoms with E-state index in [0.29, 0.717) is 27.4 Å². The lowest BCUT2D eigenvalue weighted by atomic mass is 10.0. The maximum absolute atomic E-state index is 12.6. The number of non-ortho nitro benzene ring substituents is 1. The molecule has 0 aliphatic rings. The van der Waals surface area contributed by atoms with Gasteiger partial charge in [-0.15, -0.1) is 0 Å². The summed E-state index contributed by atoms with van der Waals surface area (Å²) in [5, 5.41) is 11.2. The van der Waals surface area contributed by atoms with Crippen LogP contribution >= 0.6 is 11.6 Å². The molecule has 0 saturated carbocycles. The molecule has 0 fully saturated rings. The van der Waals surface area contributed by atoms with Crippen LogP contribution in [0.15, 0.2) is 60.8 Å². The number of aromatic nitrogens is 1. The predicted octanol–water partition coefficient (Wildman–Crippen LogP) is 4.05. The highest BCUT2D eigenvalue weighted by molar-refractivity contribution is 6.30. The maximum Gasteiger partial charge on any atom is 0.269 e. The van der Waals surface area contributed by atoms with Crippen LogP contribution in [-0.4, -0.2) is 21.1 Å². The zero-order chi connectivity index (χ0) is 18.8. The van der Waals surface area contributed by atoms with Crippen molar-refractivity contribution in [3.05, 3.63) is 98.3 Å². The molecule has 2 aromatic carbocycles. The molecule has 0 unspecified atom stereocenters. The van der Waals surface area contributed by atoms with Gasteiger partial charge in [-0.05, 0) is 42.5 Å². The number of hydrogen-bond donors (Lipinski definition) is 0. The topological polar surface area (TPSA) is 82.2 Å². The van der Waals surface area contributed by atoms with Gasteiger partial charge in [0.15, 0.2) is 5.78 Å². The lowest BCUT2D eigenvalue weighted by Gasteiger charge is -2.02. The standard InChI is InChI=1S/C19H13ClN2O4/c1-21-11-14(18(23)12-2-6-15(20)7-3-12)10-17(21)19(24)13-4-8-16(9-5-13)22(25)26/h2-11H,1H3. The van der Waals surface area contributed by atoms with Gasteiger partial charge < -0.3 is 4.57 Å². The van der Waals surface area contributed by atoms with Crippen molar-refractivity contribution >= 4 is 28.9 Å². The predicted molar refractivity (Wildman–Crippen MR) is 96.8 cm³/mol. The molecule has 6 nitrogen and oxygen atoms in total. The van der Waals surface area contributed by atoms with Crippen LogP contribution in [0.2, 0.25) is 5.02 Å². The van der Waals surface area contributed by atoms with Gasteiger partial charge in [0.25, 0.3) is 5.69 Å². The van der Waals surface area contributed by atoms with Gasteiger partial charge in [-0.3, -0.25) is 19.7 Å². The van der Waals surface area contributed by atoms with E-state index in [1.165, 1.54) is 30.3 Å². The summed E-state index contributed by atoms with van der Waals surface area (Å²) in [5.74, 6) is -0.544. The molecule has 0 atom stereocenters. The Morgan fingerprint density at radius 1 is 0.923 bits per heavy atom. The minimum Gasteiger partial charge on any atom is -0.347 e. The lowest BCUT2D eigenvalue weighted by Crippen LogP contribution is -2.06. The monoisotopic (exact) mass is 368 g/mol. The molecule has 0 aliphatic carbocycles. The van der Waals surface area contributed by atoms with Crippen molar-refractivity contribution in [1.82, 2.24) is 4.57 Å². The van der Waals surface area contributed by atoms with Crippen LogP contribution in [0.5, 0.6) is 0 Å². The third kappa shape index (κ3) is 3.41. The number of nitro benzene ring substituents is 1. The molecule has 0 aliphatic heterocycles. The first-order valence-corrected chi connectivity index (χ1v) is 8.00. The Hall–Kier alpha value is -3.25. The van der Waals surface area contributed by atoms with Crippen LogP contribution in [-0.2, 0) is 7.05 Å². The van der Waals surface area contributed by atoms with Gasteiger partial charge in [0.2, 0.25) is 5.78 Å². The molecule has 0 saturated heterocycles. The van der Waals surface area contributed by atoms with Gasteiger partial charge in [0.05, 0.1) is 10.6 Å². The van der Waals surface area contributed by atoms with Crippen molar-refractivity contribution in [2.75, 3.05) is 0 Å². The van der Waals surface area contributed by atoms with Crippen LogP contribution in [0.3, 0.4) is 0 Å². The fourth-order valence-corrected chi connectivity index (χ4v) is 2.69. The van der Waals surface area contributed by atoms with Crippen LogP contribution in [0, 0.1) is 10.1 Å². The fraction of sp³-hybridized carbons (Fsp3) is 0.0526. The molecular weight excluding hydrogens is 356 g/mol. The second-order valence-electron chi connectivity index (χ2n) is 5.69. The molecule has 130 valence electrons. The number of nitro groups is 1. The highest BCUT2D eigenvalue weighted by Gasteiger charge is 2.19. The summed E-state index contributed by atoms with van der Waals surface area (Å²) in [7, 11) is 1.66. The molecule has 3 rings (SSSR count). The molecule has 7 heteroatoms. The summed E-state index contributed by atoms with van der Waals surface area (Å²) in [6.07, 6.45) is 1.58. The Labute approximate surface area is 153 Å². The third-order valence-electron chi connectivity index (χ3n) is 3.95. The smallest absolute Gasteiger partial charge is 0.269 e. The van der Waals surface area contributed by atoms with Crippen LogP contribution < -0.4 is 0 Å². The molecular formula is C19H13ClN2O4. The molecule has 26 heavy (non-hydrogen) atoms. The highest BCUT2D eigenvalue weighted by Crippen LogP contribution is 2.19. The Bertz CT molecular complexity index is 1010. The van der Waals surface area contributed by atoms with E-state index in [4.69, 9.17) is 11.6 Å². The number of carbonyl (C=O) groups is 2.